The lowest BCUT2D eigenvalue weighted by Gasteiger charge is -2.15. The molecule has 2 unspecified atom stereocenters. The van der Waals surface area contributed by atoms with Crippen molar-refractivity contribution < 1.29 is 5.11 Å². The van der Waals surface area contributed by atoms with Crippen LogP contribution in [-0.2, 0) is 0 Å². The molecule has 13 heavy (non-hydrogen) atoms. The molecule has 2 N–H and O–H groups in total. The van der Waals surface area contributed by atoms with Crippen LogP contribution in [0.25, 0.3) is 0 Å². The van der Waals surface area contributed by atoms with Gasteiger partial charge in [0.2, 0.25) is 0 Å². The van der Waals surface area contributed by atoms with Gasteiger partial charge in [-0.05, 0) is 37.6 Å². The largest absolute Gasteiger partial charge is 0.508 e. The number of hydrogen-bond donors (Lipinski definition) is 2. The summed E-state index contributed by atoms with van der Waals surface area (Å²) < 4.78 is 0. The van der Waals surface area contributed by atoms with Gasteiger partial charge >= 0.3 is 0 Å². The third kappa shape index (κ3) is 2.98. The number of hydrogen-bond acceptors (Lipinski definition) is 2. The Morgan fingerprint density at radius 1 is 1.38 bits per heavy atom. The van der Waals surface area contributed by atoms with Crippen LogP contribution < -0.4 is 5.32 Å². The van der Waals surface area contributed by atoms with Crippen LogP contribution >= 0.6 is 8.58 Å². The first-order chi connectivity index (χ1) is 6.27. The highest BCUT2D eigenvalue weighted by molar-refractivity contribution is 7.37. The van der Waals surface area contributed by atoms with Crippen molar-refractivity contribution in [2.75, 3.05) is 19.9 Å². The van der Waals surface area contributed by atoms with E-state index in [9.17, 15) is 0 Å². The van der Waals surface area contributed by atoms with Gasteiger partial charge in [0.15, 0.2) is 0 Å². The van der Waals surface area contributed by atoms with E-state index >= 15 is 0 Å². The molecule has 0 spiro atoms. The molecule has 0 saturated carbocycles. The molecule has 0 radical (unpaired) electrons. The Morgan fingerprint density at radius 2 is 2.00 bits per heavy atom. The lowest BCUT2D eigenvalue weighted by atomic mass is 10.1. The lowest BCUT2D eigenvalue weighted by Crippen LogP contribution is -2.17. The Balaban J connectivity index is 2.73. The Bertz CT molecular complexity index is 248. The maximum absolute atomic E-state index is 9.12. The Kier molecular flexibility index (Phi) is 4.20. The summed E-state index contributed by atoms with van der Waals surface area (Å²) in [6.07, 6.45) is 1.15. The molecule has 2 nitrogen and oxygen atoms in total. The van der Waals surface area contributed by atoms with E-state index in [-0.39, 0.29) is 0 Å². The molecule has 0 heterocycles. The molecule has 0 bridgehead atoms. The zero-order chi connectivity index (χ0) is 9.68. The molecule has 0 aliphatic carbocycles. The molecule has 0 aromatic heterocycles. The molecule has 0 aliphatic rings. The van der Waals surface area contributed by atoms with Crippen molar-refractivity contribution in [2.24, 2.45) is 0 Å². The molecule has 0 aliphatic heterocycles. The fraction of sp³-hybridized carbons (Fsp3) is 0.400. The van der Waals surface area contributed by atoms with Crippen LogP contribution in [0.2, 0.25) is 0 Å². The minimum absolute atomic E-state index is 0.331. The van der Waals surface area contributed by atoms with Gasteiger partial charge in [0.05, 0.1) is 0 Å². The highest BCUT2D eigenvalue weighted by Crippen LogP contribution is 2.21. The average molecular weight is 197 g/mol. The maximum atomic E-state index is 9.12. The second kappa shape index (κ2) is 5.21. The van der Waals surface area contributed by atoms with Gasteiger partial charge in [-0.25, -0.2) is 0 Å². The van der Waals surface area contributed by atoms with Crippen LogP contribution in [0.1, 0.15) is 11.6 Å². The van der Waals surface area contributed by atoms with Gasteiger partial charge < -0.3 is 10.4 Å². The number of phenolic OH excluding ortho intramolecular Hbond substituents is 1. The van der Waals surface area contributed by atoms with E-state index in [0.717, 1.165) is 14.7 Å². The summed E-state index contributed by atoms with van der Waals surface area (Å²) in [7, 11) is 2.91. The number of aromatic hydroxyl groups is 1. The number of phenols is 1. The quantitative estimate of drug-likeness (QED) is 0.723. The average Bonchev–Trinajstić information content (AvgIpc) is 2.16. The molecule has 3 heteroatoms. The standard InChI is InChI=1S/C10H16NOP/c1-11-10(7-13-2)8-3-5-9(12)6-4-8/h3-6,10-13H,7H2,1-2H3. The summed E-state index contributed by atoms with van der Waals surface area (Å²) >= 11 is 0. The highest BCUT2D eigenvalue weighted by Gasteiger charge is 2.06. The van der Waals surface area contributed by atoms with E-state index in [1.54, 1.807) is 12.1 Å². The third-order valence-corrected chi connectivity index (χ3v) is 2.87. The summed E-state index contributed by atoms with van der Waals surface area (Å²) in [6.45, 7) is 2.20. The minimum atomic E-state index is 0.331. The van der Waals surface area contributed by atoms with E-state index < -0.39 is 0 Å². The van der Waals surface area contributed by atoms with E-state index in [1.165, 1.54) is 5.56 Å². The topological polar surface area (TPSA) is 32.3 Å². The predicted octanol–water partition coefficient (Wildman–Crippen LogP) is 1.96. The van der Waals surface area contributed by atoms with E-state index in [0.29, 0.717) is 11.8 Å². The van der Waals surface area contributed by atoms with Crippen LogP contribution in [0.3, 0.4) is 0 Å². The number of nitrogens with one attached hydrogen (secondary N) is 1. The van der Waals surface area contributed by atoms with Gasteiger partial charge in [-0.3, -0.25) is 0 Å². The monoisotopic (exact) mass is 197 g/mol. The molecular formula is C10H16NOP. The van der Waals surface area contributed by atoms with Crippen LogP contribution in [-0.4, -0.2) is 25.0 Å². The van der Waals surface area contributed by atoms with Gasteiger partial charge in [-0.15, -0.1) is 8.58 Å². The molecule has 72 valence electrons. The summed E-state index contributed by atoms with van der Waals surface area (Å²) in [5.74, 6) is 0.331. The zero-order valence-corrected chi connectivity index (χ0v) is 9.04. The smallest absolute Gasteiger partial charge is 0.115 e. The predicted molar refractivity (Wildman–Crippen MR) is 59.0 cm³/mol. The lowest BCUT2D eigenvalue weighted by molar-refractivity contribution is 0.474. The maximum Gasteiger partial charge on any atom is 0.115 e. The zero-order valence-electron chi connectivity index (χ0n) is 8.04. The molecular weight excluding hydrogens is 181 g/mol. The van der Waals surface area contributed by atoms with Crippen molar-refractivity contribution in [2.45, 2.75) is 6.04 Å². The first-order valence-electron chi connectivity index (χ1n) is 4.38. The second-order valence-electron chi connectivity index (χ2n) is 2.99. The van der Waals surface area contributed by atoms with Crippen LogP contribution in [0.5, 0.6) is 5.75 Å². The molecule has 0 amide bonds. The fourth-order valence-electron chi connectivity index (χ4n) is 1.30. The van der Waals surface area contributed by atoms with E-state index in [2.05, 4.69) is 12.0 Å². The normalized spacial score (nSPS) is 13.7. The van der Waals surface area contributed by atoms with Crippen molar-refractivity contribution in [3.63, 3.8) is 0 Å². The highest BCUT2D eigenvalue weighted by atomic mass is 31.1. The molecule has 2 atom stereocenters. The summed E-state index contributed by atoms with van der Waals surface area (Å²) in [5.41, 5.74) is 1.25. The summed E-state index contributed by atoms with van der Waals surface area (Å²) in [6, 6.07) is 7.83. The van der Waals surface area contributed by atoms with E-state index in [4.69, 9.17) is 5.11 Å². The third-order valence-electron chi connectivity index (χ3n) is 2.05. The van der Waals surface area contributed by atoms with Crippen molar-refractivity contribution in [1.29, 1.82) is 0 Å². The van der Waals surface area contributed by atoms with Crippen molar-refractivity contribution in [3.8, 4) is 5.75 Å². The Hall–Kier alpha value is -0.590. The van der Waals surface area contributed by atoms with Crippen molar-refractivity contribution in [3.05, 3.63) is 29.8 Å². The Labute approximate surface area is 81.2 Å². The van der Waals surface area contributed by atoms with Gasteiger partial charge in [-0.1, -0.05) is 12.1 Å². The first kappa shape index (κ1) is 10.5. The molecule has 1 aromatic carbocycles. The van der Waals surface area contributed by atoms with Crippen LogP contribution in [0, 0.1) is 0 Å². The van der Waals surface area contributed by atoms with Crippen LogP contribution in [0.4, 0.5) is 0 Å². The molecule has 1 rings (SSSR count). The molecule has 0 saturated heterocycles. The summed E-state index contributed by atoms with van der Waals surface area (Å²) in [4.78, 5) is 0. The molecule has 1 aromatic rings. The van der Waals surface area contributed by atoms with Crippen molar-refractivity contribution >= 4 is 8.58 Å². The molecule has 0 fully saturated rings. The van der Waals surface area contributed by atoms with Crippen molar-refractivity contribution in [1.82, 2.24) is 5.32 Å². The van der Waals surface area contributed by atoms with Gasteiger partial charge in [-0.2, -0.15) is 0 Å². The SMILES string of the molecule is CNC(CPC)c1ccc(O)cc1. The fourth-order valence-corrected chi connectivity index (χ4v) is 2.15. The minimum Gasteiger partial charge on any atom is -0.508 e. The van der Waals surface area contributed by atoms with E-state index in [1.807, 2.05) is 19.2 Å². The Morgan fingerprint density at radius 3 is 2.46 bits per heavy atom. The van der Waals surface area contributed by atoms with Gasteiger partial charge in [0.25, 0.3) is 0 Å². The van der Waals surface area contributed by atoms with Crippen LogP contribution in [0.15, 0.2) is 24.3 Å². The first-order valence-corrected chi connectivity index (χ1v) is 6.09. The second-order valence-corrected chi connectivity index (χ2v) is 4.11. The number of rotatable bonds is 4. The van der Waals surface area contributed by atoms with Gasteiger partial charge in [0.1, 0.15) is 5.75 Å². The van der Waals surface area contributed by atoms with Gasteiger partial charge in [0, 0.05) is 6.04 Å². The summed E-state index contributed by atoms with van der Waals surface area (Å²) in [5, 5.41) is 12.4. The number of benzene rings is 1.